The molecule has 0 saturated heterocycles. The first kappa shape index (κ1) is 12.8. The van der Waals surface area contributed by atoms with E-state index >= 15 is 0 Å². The van der Waals surface area contributed by atoms with Crippen LogP contribution in [0.2, 0.25) is 0 Å². The average Bonchev–Trinajstić information content (AvgIpc) is 1.65. The van der Waals surface area contributed by atoms with Crippen LogP contribution in [0.3, 0.4) is 0 Å². The zero-order valence-corrected chi connectivity index (χ0v) is 5.30. The first-order valence-electron chi connectivity index (χ1n) is 1.29. The van der Waals surface area contributed by atoms with Gasteiger partial charge in [0.05, 0.1) is 0 Å². The normalized spacial score (nSPS) is 8.00. The molecule has 0 saturated carbocycles. The predicted molar refractivity (Wildman–Crippen MR) is 34.6 cm³/mol. The molecule has 0 amide bonds. The third kappa shape index (κ3) is 6.27. The molecule has 8 heavy (non-hydrogen) atoms. The molecule has 0 fully saturated rings. The first-order chi connectivity index (χ1) is 3.18. The Hall–Kier alpha value is 2.15. The summed E-state index contributed by atoms with van der Waals surface area (Å²) in [5.74, 6) is -0.856. The summed E-state index contributed by atoms with van der Waals surface area (Å²) in [7, 11) is 0. The molecule has 0 unspecified atom stereocenters. The Labute approximate surface area is 111 Å². The molecule has 0 bridgehead atoms. The van der Waals surface area contributed by atoms with Crippen molar-refractivity contribution in [3.05, 3.63) is 0 Å². The summed E-state index contributed by atoms with van der Waals surface area (Å²) in [6.07, 6.45) is 0. The molecule has 0 aromatic heterocycles. The van der Waals surface area contributed by atoms with Gasteiger partial charge in [-0.3, -0.25) is 0 Å². The van der Waals surface area contributed by atoms with Crippen molar-refractivity contribution in [1.29, 1.82) is 0 Å². The molecule has 0 N–H and O–H groups in total. The van der Waals surface area contributed by atoms with Gasteiger partial charge in [0.15, 0.2) is 0 Å². The fourth-order valence-corrected chi connectivity index (χ4v) is 0.303. The number of carbonyl (C=O) groups is 1. The van der Waals surface area contributed by atoms with Gasteiger partial charge in [0.2, 0.25) is 4.84 Å². The number of rotatable bonds is 1. The standard InChI is InChI=1S/C2HCl3O2.Rb.H/c3-1(4)2(6)7-5;;/h1H;;. The van der Waals surface area contributed by atoms with Crippen LogP contribution in [-0.2, 0) is 9.08 Å². The Morgan fingerprint density at radius 2 is 1.88 bits per heavy atom. The van der Waals surface area contributed by atoms with Crippen LogP contribution in [0.4, 0.5) is 0 Å². The van der Waals surface area contributed by atoms with Gasteiger partial charge in [-0.2, -0.15) is 0 Å². The van der Waals surface area contributed by atoms with E-state index in [0.717, 1.165) is 0 Å². The van der Waals surface area contributed by atoms with E-state index in [4.69, 9.17) is 23.2 Å². The molecule has 0 aliphatic carbocycles. The van der Waals surface area contributed by atoms with E-state index in [2.05, 4.69) is 16.2 Å². The van der Waals surface area contributed by atoms with Crippen molar-refractivity contribution >= 4 is 99.2 Å². The van der Waals surface area contributed by atoms with Crippen molar-refractivity contribution in [2.45, 2.75) is 4.84 Å². The second kappa shape index (κ2) is 7.25. The van der Waals surface area contributed by atoms with Crippen LogP contribution in [0, 0.1) is 0 Å². The van der Waals surface area contributed by atoms with E-state index in [-0.39, 0.29) is 58.2 Å². The van der Waals surface area contributed by atoms with Crippen LogP contribution in [0.5, 0.6) is 0 Å². The predicted octanol–water partition coefficient (Wildman–Crippen LogP) is 0.839. The van der Waals surface area contributed by atoms with Gasteiger partial charge in [-0.1, -0.05) is 23.2 Å². The average molecular weight is 250 g/mol. The van der Waals surface area contributed by atoms with E-state index < -0.39 is 10.8 Å². The molecule has 0 aliphatic heterocycles. The summed E-state index contributed by atoms with van der Waals surface area (Å²) in [6.45, 7) is 0. The molecular weight excluding hydrogens is 248 g/mol. The van der Waals surface area contributed by atoms with Crippen LogP contribution in [-0.4, -0.2) is 69.0 Å². The minimum absolute atomic E-state index is 0. The van der Waals surface area contributed by atoms with Gasteiger partial charge < -0.3 is 4.29 Å². The SMILES string of the molecule is O=C(OCl)C(Cl)Cl.[RbH]. The summed E-state index contributed by atoms with van der Waals surface area (Å²) < 4.78 is 3.58. The zero-order chi connectivity index (χ0) is 5.86. The van der Waals surface area contributed by atoms with Crippen molar-refractivity contribution in [3.63, 3.8) is 0 Å². The summed E-state index contributed by atoms with van der Waals surface area (Å²) in [4.78, 5) is 8.71. The molecule has 0 aromatic carbocycles. The molecule has 0 spiro atoms. The van der Waals surface area contributed by atoms with Gasteiger partial charge >= 0.3 is 64.2 Å². The molecule has 0 radical (unpaired) electrons. The van der Waals surface area contributed by atoms with E-state index in [1.807, 2.05) is 0 Å². The van der Waals surface area contributed by atoms with Crippen molar-refractivity contribution < 1.29 is 9.08 Å². The Kier molecular flexibility index (Phi) is 11.6. The number of carbonyl (C=O) groups excluding carboxylic acids is 1. The van der Waals surface area contributed by atoms with Crippen LogP contribution in [0.25, 0.3) is 0 Å². The quantitative estimate of drug-likeness (QED) is 0.644. The molecule has 0 atom stereocenters. The Morgan fingerprint density at radius 1 is 1.50 bits per heavy atom. The molecule has 0 heterocycles. The Morgan fingerprint density at radius 3 is 1.88 bits per heavy atom. The molecule has 2 nitrogen and oxygen atoms in total. The number of halogens is 3. The van der Waals surface area contributed by atoms with Crippen LogP contribution >= 0.6 is 35.1 Å². The Balaban J connectivity index is 0. The third-order valence-electron chi connectivity index (χ3n) is 0.254. The number of hydrogen-bond donors (Lipinski definition) is 0. The first-order valence-corrected chi connectivity index (χ1v) is 2.47. The summed E-state index contributed by atoms with van der Waals surface area (Å²) >= 11 is 14.4. The van der Waals surface area contributed by atoms with Gasteiger partial charge in [-0.15, -0.1) is 0 Å². The van der Waals surface area contributed by atoms with Crippen LogP contribution in [0.15, 0.2) is 0 Å². The molecular formula is C2H2Cl3O2Rb. The van der Waals surface area contributed by atoms with E-state index in [1.54, 1.807) is 0 Å². The molecule has 44 valence electrons. The summed E-state index contributed by atoms with van der Waals surface area (Å²) in [6, 6.07) is 0. The third-order valence-corrected chi connectivity index (χ3v) is 0.763. The Bertz CT molecular complexity index is 75.7. The molecule has 0 rings (SSSR count). The van der Waals surface area contributed by atoms with Crippen molar-refractivity contribution in [3.8, 4) is 0 Å². The second-order valence-electron chi connectivity index (χ2n) is 0.697. The number of alkyl halides is 2. The second-order valence-corrected chi connectivity index (χ2v) is 1.95. The van der Waals surface area contributed by atoms with Crippen molar-refractivity contribution in [2.75, 3.05) is 0 Å². The summed E-state index contributed by atoms with van der Waals surface area (Å²) in [5.41, 5.74) is 0. The monoisotopic (exact) mass is 248 g/mol. The van der Waals surface area contributed by atoms with Crippen LogP contribution < -0.4 is 0 Å². The summed E-state index contributed by atoms with van der Waals surface area (Å²) in [5, 5.41) is 0. The minimum atomic E-state index is -1.18. The van der Waals surface area contributed by atoms with E-state index in [0.29, 0.717) is 0 Å². The van der Waals surface area contributed by atoms with Crippen molar-refractivity contribution in [2.24, 2.45) is 0 Å². The molecule has 0 aliphatic rings. The molecule has 0 aromatic rings. The van der Waals surface area contributed by atoms with Crippen LogP contribution in [0.1, 0.15) is 0 Å². The number of hydrogen-bond acceptors (Lipinski definition) is 2. The fourth-order valence-electron chi connectivity index (χ4n) is 0.0337. The zero-order valence-electron chi connectivity index (χ0n) is 3.03. The van der Waals surface area contributed by atoms with Gasteiger partial charge in [0, 0.05) is 0 Å². The topological polar surface area (TPSA) is 26.3 Å². The maximum absolute atomic E-state index is 9.89. The van der Waals surface area contributed by atoms with E-state index in [1.165, 1.54) is 0 Å². The fraction of sp³-hybridized carbons (Fsp3) is 0.500. The van der Waals surface area contributed by atoms with Gasteiger partial charge in [-0.25, -0.2) is 4.79 Å². The van der Waals surface area contributed by atoms with Crippen molar-refractivity contribution in [1.82, 2.24) is 0 Å². The van der Waals surface area contributed by atoms with E-state index in [9.17, 15) is 4.79 Å². The van der Waals surface area contributed by atoms with Gasteiger partial charge in [0.1, 0.15) is 11.9 Å². The van der Waals surface area contributed by atoms with Gasteiger partial charge in [0.25, 0.3) is 0 Å². The van der Waals surface area contributed by atoms with Gasteiger partial charge in [-0.05, 0) is 0 Å². The maximum atomic E-state index is 9.89. The molecule has 6 heteroatoms.